The Hall–Kier alpha value is -1.10. The predicted molar refractivity (Wildman–Crippen MR) is 82.0 cm³/mol. The summed E-state index contributed by atoms with van der Waals surface area (Å²) in [5.74, 6) is 0. The maximum Gasteiger partial charge on any atom is 0.159 e. The van der Waals surface area contributed by atoms with Crippen LogP contribution >= 0.6 is 0 Å². The van der Waals surface area contributed by atoms with Gasteiger partial charge in [0.2, 0.25) is 0 Å². The average Bonchev–Trinajstić information content (AvgIpc) is 2.51. The Morgan fingerprint density at radius 2 is 2.00 bits per heavy atom. The Kier molecular flexibility index (Phi) is 5.02. The molecule has 0 bridgehead atoms. The summed E-state index contributed by atoms with van der Waals surface area (Å²) in [5.41, 5.74) is 8.65. The van der Waals surface area contributed by atoms with E-state index in [0.29, 0.717) is 6.54 Å². The highest BCUT2D eigenvalue weighted by molar-refractivity contribution is 5.57. The zero-order chi connectivity index (χ0) is 14.6. The lowest BCUT2D eigenvalue weighted by atomic mass is 9.90. The van der Waals surface area contributed by atoms with Gasteiger partial charge in [-0.3, -0.25) is 0 Å². The lowest BCUT2D eigenvalue weighted by Gasteiger charge is -2.46. The number of rotatable bonds is 6. The number of hydrogen-bond acceptors (Lipinski definition) is 4. The van der Waals surface area contributed by atoms with Gasteiger partial charge < -0.3 is 20.1 Å². The molecule has 0 aromatic heterocycles. The predicted octanol–water partition coefficient (Wildman–Crippen LogP) is 2.17. The van der Waals surface area contributed by atoms with Crippen molar-refractivity contribution >= 4 is 5.69 Å². The minimum Gasteiger partial charge on any atom is -0.364 e. The van der Waals surface area contributed by atoms with Crippen LogP contribution < -0.4 is 10.6 Å². The SMILES string of the molecule is COC(CC(C)(CN)N1CCCc2ccccc21)OC. The highest BCUT2D eigenvalue weighted by Gasteiger charge is 2.35. The van der Waals surface area contributed by atoms with Crippen LogP contribution in [0.4, 0.5) is 5.69 Å². The van der Waals surface area contributed by atoms with Crippen molar-refractivity contribution in [2.24, 2.45) is 5.73 Å². The van der Waals surface area contributed by atoms with Crippen molar-refractivity contribution in [2.45, 2.75) is 38.0 Å². The second-order valence-corrected chi connectivity index (χ2v) is 5.69. The summed E-state index contributed by atoms with van der Waals surface area (Å²) in [6.45, 7) is 3.80. The summed E-state index contributed by atoms with van der Waals surface area (Å²) >= 11 is 0. The average molecular weight is 278 g/mol. The van der Waals surface area contributed by atoms with Crippen molar-refractivity contribution in [3.63, 3.8) is 0 Å². The van der Waals surface area contributed by atoms with E-state index < -0.39 is 0 Å². The van der Waals surface area contributed by atoms with Crippen LogP contribution in [0.15, 0.2) is 24.3 Å². The van der Waals surface area contributed by atoms with Gasteiger partial charge in [-0.05, 0) is 31.4 Å². The first kappa shape index (κ1) is 15.3. The highest BCUT2D eigenvalue weighted by Crippen LogP contribution is 2.34. The number of benzene rings is 1. The topological polar surface area (TPSA) is 47.7 Å². The molecule has 20 heavy (non-hydrogen) atoms. The van der Waals surface area contributed by atoms with Crippen molar-refractivity contribution in [2.75, 3.05) is 32.2 Å². The van der Waals surface area contributed by atoms with E-state index in [1.807, 2.05) is 0 Å². The smallest absolute Gasteiger partial charge is 0.159 e. The third-order valence-corrected chi connectivity index (χ3v) is 4.33. The second-order valence-electron chi connectivity index (χ2n) is 5.69. The van der Waals surface area contributed by atoms with E-state index in [9.17, 15) is 0 Å². The van der Waals surface area contributed by atoms with Crippen molar-refractivity contribution < 1.29 is 9.47 Å². The molecule has 0 saturated heterocycles. The van der Waals surface area contributed by atoms with E-state index in [1.165, 1.54) is 11.3 Å². The minimum atomic E-state index is -0.224. The maximum absolute atomic E-state index is 6.10. The number of methoxy groups -OCH3 is 2. The normalized spacial score (nSPS) is 17.9. The number of ether oxygens (including phenoxy) is 2. The van der Waals surface area contributed by atoms with Crippen LogP contribution in [0.3, 0.4) is 0 Å². The third-order valence-electron chi connectivity index (χ3n) is 4.33. The van der Waals surface area contributed by atoms with Crippen LogP contribution in [0.25, 0.3) is 0 Å². The van der Waals surface area contributed by atoms with E-state index in [1.54, 1.807) is 14.2 Å². The number of fused-ring (bicyclic) bond motifs is 1. The Bertz CT molecular complexity index is 434. The molecule has 2 rings (SSSR count). The molecule has 4 nitrogen and oxygen atoms in total. The molecule has 1 unspecified atom stereocenters. The second kappa shape index (κ2) is 6.57. The molecular formula is C16H26N2O2. The van der Waals surface area contributed by atoms with E-state index in [-0.39, 0.29) is 11.8 Å². The van der Waals surface area contributed by atoms with Gasteiger partial charge in [0.1, 0.15) is 0 Å². The molecule has 0 spiro atoms. The molecule has 0 fully saturated rings. The molecule has 0 radical (unpaired) electrons. The molecule has 1 aromatic carbocycles. The van der Waals surface area contributed by atoms with Gasteiger partial charge >= 0.3 is 0 Å². The van der Waals surface area contributed by atoms with Gasteiger partial charge in [0.15, 0.2) is 6.29 Å². The number of hydrogen-bond donors (Lipinski definition) is 1. The fraction of sp³-hybridized carbons (Fsp3) is 0.625. The minimum absolute atomic E-state index is 0.160. The van der Waals surface area contributed by atoms with Gasteiger partial charge in [0, 0.05) is 39.4 Å². The van der Waals surface area contributed by atoms with Crippen molar-refractivity contribution in [1.82, 2.24) is 0 Å². The lowest BCUT2D eigenvalue weighted by Crippen LogP contribution is -2.55. The molecule has 4 heteroatoms. The molecule has 1 heterocycles. The number of anilines is 1. The molecule has 1 aromatic rings. The van der Waals surface area contributed by atoms with Crippen LogP contribution in [0, 0.1) is 0 Å². The summed E-state index contributed by atoms with van der Waals surface area (Å²) in [7, 11) is 3.35. The molecule has 0 aliphatic carbocycles. The first-order valence-electron chi connectivity index (χ1n) is 7.26. The van der Waals surface area contributed by atoms with Gasteiger partial charge in [0.05, 0.1) is 5.54 Å². The van der Waals surface area contributed by atoms with E-state index in [2.05, 4.69) is 36.1 Å². The van der Waals surface area contributed by atoms with Crippen LogP contribution in [0.1, 0.15) is 25.3 Å². The summed E-state index contributed by atoms with van der Waals surface area (Å²) < 4.78 is 10.7. The lowest BCUT2D eigenvalue weighted by molar-refractivity contribution is -0.115. The Labute approximate surface area is 121 Å². The van der Waals surface area contributed by atoms with Crippen molar-refractivity contribution in [3.05, 3.63) is 29.8 Å². The molecule has 1 aliphatic heterocycles. The number of nitrogens with zero attached hydrogens (tertiary/aromatic N) is 1. The van der Waals surface area contributed by atoms with Crippen LogP contribution in [0.5, 0.6) is 0 Å². The van der Waals surface area contributed by atoms with E-state index >= 15 is 0 Å². The number of nitrogens with two attached hydrogens (primary N) is 1. The molecule has 0 saturated carbocycles. The zero-order valence-electron chi connectivity index (χ0n) is 12.8. The van der Waals surface area contributed by atoms with Gasteiger partial charge in [-0.2, -0.15) is 0 Å². The number of para-hydroxylation sites is 1. The zero-order valence-corrected chi connectivity index (χ0v) is 12.8. The Morgan fingerprint density at radius 1 is 1.30 bits per heavy atom. The highest BCUT2D eigenvalue weighted by atomic mass is 16.7. The van der Waals surface area contributed by atoms with Crippen LogP contribution in [-0.4, -0.2) is 39.1 Å². The number of aryl methyl sites for hydroxylation is 1. The third kappa shape index (κ3) is 2.97. The monoisotopic (exact) mass is 278 g/mol. The Balaban J connectivity index is 2.28. The standard InChI is InChI=1S/C16H26N2O2/c1-16(12-17,11-15(19-2)20-3)18-10-6-8-13-7-4-5-9-14(13)18/h4-5,7,9,15H,6,8,10-12,17H2,1-3H3. The molecule has 2 N–H and O–H groups in total. The van der Waals surface area contributed by atoms with Crippen LogP contribution in [0.2, 0.25) is 0 Å². The summed E-state index contributed by atoms with van der Waals surface area (Å²) in [6.07, 6.45) is 2.84. The molecule has 1 atom stereocenters. The first-order valence-corrected chi connectivity index (χ1v) is 7.26. The molecule has 0 amide bonds. The summed E-state index contributed by atoms with van der Waals surface area (Å²) in [5, 5.41) is 0. The first-order chi connectivity index (χ1) is 9.64. The van der Waals surface area contributed by atoms with Gasteiger partial charge in [-0.15, -0.1) is 0 Å². The fourth-order valence-electron chi connectivity index (χ4n) is 3.02. The van der Waals surface area contributed by atoms with Crippen molar-refractivity contribution in [3.8, 4) is 0 Å². The summed E-state index contributed by atoms with van der Waals surface area (Å²) in [6, 6.07) is 8.60. The molecule has 112 valence electrons. The molecule has 1 aliphatic rings. The van der Waals surface area contributed by atoms with Gasteiger partial charge in [-0.1, -0.05) is 18.2 Å². The maximum atomic E-state index is 6.10. The van der Waals surface area contributed by atoms with Crippen molar-refractivity contribution in [1.29, 1.82) is 0 Å². The van der Waals surface area contributed by atoms with Gasteiger partial charge in [0.25, 0.3) is 0 Å². The quantitative estimate of drug-likeness (QED) is 0.810. The van der Waals surface area contributed by atoms with E-state index in [0.717, 1.165) is 25.8 Å². The Morgan fingerprint density at radius 3 is 2.65 bits per heavy atom. The van der Waals surface area contributed by atoms with Gasteiger partial charge in [-0.25, -0.2) is 0 Å². The van der Waals surface area contributed by atoms with E-state index in [4.69, 9.17) is 15.2 Å². The molecular weight excluding hydrogens is 252 g/mol. The summed E-state index contributed by atoms with van der Waals surface area (Å²) in [4.78, 5) is 2.43. The van der Waals surface area contributed by atoms with Crippen LogP contribution in [-0.2, 0) is 15.9 Å². The largest absolute Gasteiger partial charge is 0.364 e. The fourth-order valence-corrected chi connectivity index (χ4v) is 3.02.